The Morgan fingerprint density at radius 2 is 1.59 bits per heavy atom. The maximum atomic E-state index is 12.5. The predicted molar refractivity (Wildman–Crippen MR) is 102 cm³/mol. The number of rotatable bonds is 7. The Labute approximate surface area is 157 Å². The van der Waals surface area contributed by atoms with Gasteiger partial charge in [-0.15, -0.1) is 0 Å². The van der Waals surface area contributed by atoms with E-state index in [1.54, 1.807) is 36.4 Å². The van der Waals surface area contributed by atoms with Crippen LogP contribution in [-0.2, 0) is 4.79 Å². The second-order valence-electron chi connectivity index (χ2n) is 5.51. The van der Waals surface area contributed by atoms with Gasteiger partial charge < -0.3 is 24.2 Å². The summed E-state index contributed by atoms with van der Waals surface area (Å²) in [6.45, 7) is 0. The molecule has 0 saturated heterocycles. The van der Waals surface area contributed by atoms with E-state index in [1.165, 1.54) is 45.4 Å². The lowest BCUT2D eigenvalue weighted by Crippen LogP contribution is -2.25. The molecule has 0 bridgehead atoms. The number of carboxylic acid groups (broad SMARTS) is 1. The first-order chi connectivity index (χ1) is 12.9. The van der Waals surface area contributed by atoms with E-state index in [2.05, 4.69) is 0 Å². The fourth-order valence-corrected chi connectivity index (χ4v) is 2.54. The Balaban J connectivity index is 2.30. The van der Waals surface area contributed by atoms with E-state index in [-0.39, 0.29) is 11.5 Å². The summed E-state index contributed by atoms with van der Waals surface area (Å²) >= 11 is 0. The Hall–Kier alpha value is -3.48. The molecule has 0 fully saturated rings. The lowest BCUT2D eigenvalue weighted by Gasteiger charge is -2.17. The van der Waals surface area contributed by atoms with Crippen molar-refractivity contribution in [3.63, 3.8) is 0 Å². The topological polar surface area (TPSA) is 85.3 Å². The van der Waals surface area contributed by atoms with Gasteiger partial charge in [0.05, 0.1) is 32.6 Å². The molecule has 1 N–H and O–H groups in total. The smallest absolute Gasteiger partial charge is 0.337 e. The lowest BCUT2D eigenvalue weighted by molar-refractivity contribution is -0.113. The Morgan fingerprint density at radius 3 is 2.11 bits per heavy atom. The minimum atomic E-state index is -1.10. The number of ether oxygens (including phenoxy) is 3. The van der Waals surface area contributed by atoms with Gasteiger partial charge in [0.2, 0.25) is 5.75 Å². The third-order valence-electron chi connectivity index (χ3n) is 3.93. The molecule has 7 nitrogen and oxygen atoms in total. The first-order valence-corrected chi connectivity index (χ1v) is 8.01. The maximum absolute atomic E-state index is 12.5. The zero-order valence-corrected chi connectivity index (χ0v) is 15.6. The van der Waals surface area contributed by atoms with Gasteiger partial charge in [0.1, 0.15) is 0 Å². The van der Waals surface area contributed by atoms with E-state index in [0.717, 1.165) is 0 Å². The van der Waals surface area contributed by atoms with Crippen molar-refractivity contribution < 1.29 is 28.9 Å². The van der Waals surface area contributed by atoms with Gasteiger partial charge in [-0.25, -0.2) is 4.79 Å². The second kappa shape index (κ2) is 8.75. The van der Waals surface area contributed by atoms with E-state index in [1.807, 2.05) is 0 Å². The van der Waals surface area contributed by atoms with Gasteiger partial charge in [-0.2, -0.15) is 0 Å². The van der Waals surface area contributed by atoms with Crippen molar-refractivity contribution in [1.82, 2.24) is 0 Å². The van der Waals surface area contributed by atoms with Gasteiger partial charge in [0.15, 0.2) is 11.5 Å². The van der Waals surface area contributed by atoms with E-state index in [9.17, 15) is 14.7 Å². The van der Waals surface area contributed by atoms with Crippen molar-refractivity contribution >= 4 is 23.6 Å². The maximum Gasteiger partial charge on any atom is 0.337 e. The number of amides is 1. The van der Waals surface area contributed by atoms with Crippen LogP contribution in [0, 0.1) is 0 Å². The molecule has 0 unspecified atom stereocenters. The number of aromatic carboxylic acids is 1. The fraction of sp³-hybridized carbons (Fsp3) is 0.200. The molecule has 7 heteroatoms. The van der Waals surface area contributed by atoms with Crippen LogP contribution in [0.15, 0.2) is 42.5 Å². The van der Waals surface area contributed by atoms with Crippen molar-refractivity contribution in [1.29, 1.82) is 0 Å². The van der Waals surface area contributed by atoms with Gasteiger partial charge >= 0.3 is 5.97 Å². The molecule has 2 rings (SSSR count). The minimum Gasteiger partial charge on any atom is -0.493 e. The van der Waals surface area contributed by atoms with E-state index < -0.39 is 5.97 Å². The highest BCUT2D eigenvalue weighted by atomic mass is 16.5. The minimum absolute atomic E-state index is 0.0505. The van der Waals surface area contributed by atoms with E-state index in [4.69, 9.17) is 14.2 Å². The van der Waals surface area contributed by atoms with E-state index >= 15 is 0 Å². The molecule has 1 amide bonds. The van der Waals surface area contributed by atoms with Gasteiger partial charge in [0.25, 0.3) is 5.91 Å². The monoisotopic (exact) mass is 371 g/mol. The molecule has 0 radical (unpaired) electrons. The van der Waals surface area contributed by atoms with Crippen LogP contribution >= 0.6 is 0 Å². The molecular weight excluding hydrogens is 350 g/mol. The standard InChI is InChI=1S/C20H21NO6/c1-21(15-8-6-5-7-14(15)20(23)24)18(22)10-9-13-11-16(25-2)19(27-4)17(12-13)26-3/h5-12H,1-4H3,(H,23,24)/b10-9+. The molecule has 0 aliphatic carbocycles. The Morgan fingerprint density at radius 1 is 1.00 bits per heavy atom. The zero-order chi connectivity index (χ0) is 20.0. The van der Waals surface area contributed by atoms with Crippen LogP contribution < -0.4 is 19.1 Å². The van der Waals surface area contributed by atoms with Gasteiger partial charge in [0, 0.05) is 13.1 Å². The molecule has 0 aromatic heterocycles. The average molecular weight is 371 g/mol. The highest BCUT2D eigenvalue weighted by Gasteiger charge is 2.16. The van der Waals surface area contributed by atoms with E-state index in [0.29, 0.717) is 28.5 Å². The van der Waals surface area contributed by atoms with Gasteiger partial charge in [-0.05, 0) is 35.9 Å². The van der Waals surface area contributed by atoms with Crippen LogP contribution in [-0.4, -0.2) is 45.4 Å². The molecule has 0 saturated carbocycles. The molecule has 0 heterocycles. The van der Waals surface area contributed by atoms with Crippen LogP contribution in [0.1, 0.15) is 15.9 Å². The van der Waals surface area contributed by atoms with Crippen LogP contribution in [0.4, 0.5) is 5.69 Å². The highest BCUT2D eigenvalue weighted by Crippen LogP contribution is 2.38. The average Bonchev–Trinajstić information content (AvgIpc) is 2.70. The fourth-order valence-electron chi connectivity index (χ4n) is 2.54. The van der Waals surface area contributed by atoms with Crippen molar-refractivity contribution in [2.45, 2.75) is 0 Å². The first-order valence-electron chi connectivity index (χ1n) is 8.01. The third-order valence-corrected chi connectivity index (χ3v) is 3.93. The third kappa shape index (κ3) is 4.38. The molecule has 0 atom stereocenters. The number of carbonyl (C=O) groups is 2. The first kappa shape index (κ1) is 19.8. The highest BCUT2D eigenvalue weighted by molar-refractivity contribution is 6.07. The summed E-state index contributed by atoms with van der Waals surface area (Å²) in [5.74, 6) is -0.0886. The second-order valence-corrected chi connectivity index (χ2v) is 5.51. The number of hydrogen-bond donors (Lipinski definition) is 1. The zero-order valence-electron chi connectivity index (χ0n) is 15.6. The molecule has 27 heavy (non-hydrogen) atoms. The van der Waals surface area contributed by atoms with Crippen molar-refractivity contribution in [3.8, 4) is 17.2 Å². The number of nitrogens with zero attached hydrogens (tertiary/aromatic N) is 1. The summed E-state index contributed by atoms with van der Waals surface area (Å²) in [4.78, 5) is 25.1. The van der Waals surface area contributed by atoms with Crippen LogP contribution in [0.25, 0.3) is 6.08 Å². The van der Waals surface area contributed by atoms with Gasteiger partial charge in [-0.3, -0.25) is 4.79 Å². The molecule has 0 aliphatic rings. The normalized spacial score (nSPS) is 10.5. The van der Waals surface area contributed by atoms with Crippen LogP contribution in [0.3, 0.4) is 0 Å². The summed E-state index contributed by atoms with van der Waals surface area (Å²) in [5.41, 5.74) is 1.02. The molecule has 142 valence electrons. The number of likely N-dealkylation sites (N-methyl/N-ethyl adjacent to an activating group) is 1. The SMILES string of the molecule is COc1cc(/C=C/C(=O)N(C)c2ccccc2C(=O)O)cc(OC)c1OC. The van der Waals surface area contributed by atoms with Crippen molar-refractivity contribution in [2.75, 3.05) is 33.3 Å². The Bertz CT molecular complexity index is 850. The number of para-hydroxylation sites is 1. The van der Waals surface area contributed by atoms with Crippen LogP contribution in [0.5, 0.6) is 17.2 Å². The number of carboxylic acids is 1. The summed E-state index contributed by atoms with van der Waals surface area (Å²) in [6, 6.07) is 9.72. The molecule has 0 spiro atoms. The molecular formula is C20H21NO6. The summed E-state index contributed by atoms with van der Waals surface area (Å²) in [5, 5.41) is 9.27. The largest absolute Gasteiger partial charge is 0.493 e. The summed E-state index contributed by atoms with van der Waals surface area (Å²) in [7, 11) is 6.04. The quantitative estimate of drug-likeness (QED) is 0.753. The molecule has 2 aromatic rings. The summed E-state index contributed by atoms with van der Waals surface area (Å²) in [6.07, 6.45) is 2.94. The van der Waals surface area contributed by atoms with Gasteiger partial charge in [-0.1, -0.05) is 12.1 Å². The number of methoxy groups -OCH3 is 3. The number of anilines is 1. The number of carbonyl (C=O) groups excluding carboxylic acids is 1. The predicted octanol–water partition coefficient (Wildman–Crippen LogP) is 3.09. The van der Waals surface area contributed by atoms with Crippen LogP contribution in [0.2, 0.25) is 0 Å². The van der Waals surface area contributed by atoms with Crippen molar-refractivity contribution in [3.05, 3.63) is 53.6 Å². The molecule has 0 aliphatic heterocycles. The Kier molecular flexibility index (Phi) is 6.43. The lowest BCUT2D eigenvalue weighted by atomic mass is 10.1. The number of hydrogen-bond acceptors (Lipinski definition) is 5. The van der Waals surface area contributed by atoms with Crippen molar-refractivity contribution in [2.24, 2.45) is 0 Å². The number of benzene rings is 2. The molecule has 2 aromatic carbocycles. The summed E-state index contributed by atoms with van der Waals surface area (Å²) < 4.78 is 15.8.